The first kappa shape index (κ1) is 17.0. The van der Waals surface area contributed by atoms with Gasteiger partial charge < -0.3 is 20.1 Å². The number of rotatable bonds is 7. The third-order valence-electron chi connectivity index (χ3n) is 3.18. The highest BCUT2D eigenvalue weighted by Gasteiger charge is 2.21. The Labute approximate surface area is 124 Å². The van der Waals surface area contributed by atoms with Crippen LogP contribution in [-0.2, 0) is 16.1 Å². The Kier molecular flexibility index (Phi) is 6.68. The molecule has 0 heterocycles. The Balaban J connectivity index is 2.80. The van der Waals surface area contributed by atoms with E-state index in [4.69, 9.17) is 9.84 Å². The van der Waals surface area contributed by atoms with Crippen LogP contribution < -0.4 is 5.32 Å². The van der Waals surface area contributed by atoms with Gasteiger partial charge in [-0.1, -0.05) is 19.1 Å². The zero-order valence-electron chi connectivity index (χ0n) is 12.6. The maximum absolute atomic E-state index is 12.2. The highest BCUT2D eigenvalue weighted by Crippen LogP contribution is 2.13. The highest BCUT2D eigenvalue weighted by atomic mass is 16.5. The summed E-state index contributed by atoms with van der Waals surface area (Å²) in [5.74, 6) is -1.03. The number of carbonyl (C=O) groups excluding carboxylic acids is 1. The summed E-state index contributed by atoms with van der Waals surface area (Å²) in [6, 6.07) is 6.70. The van der Waals surface area contributed by atoms with Crippen LogP contribution in [0.1, 0.15) is 25.8 Å². The van der Waals surface area contributed by atoms with E-state index in [2.05, 4.69) is 5.32 Å². The summed E-state index contributed by atoms with van der Waals surface area (Å²) < 4.78 is 5.04. The molecule has 0 fully saturated rings. The predicted octanol–water partition coefficient (Wildman–Crippen LogP) is 2.55. The molecule has 1 rings (SSSR count). The van der Waals surface area contributed by atoms with Crippen LogP contribution in [0.5, 0.6) is 0 Å². The van der Waals surface area contributed by atoms with E-state index in [0.29, 0.717) is 18.7 Å². The Bertz CT molecular complexity index is 490. The first-order valence-electron chi connectivity index (χ1n) is 6.85. The molecule has 0 aliphatic heterocycles. The molecule has 0 aliphatic carbocycles. The Hall–Kier alpha value is -2.08. The largest absolute Gasteiger partial charge is 0.480 e. The fourth-order valence-electron chi connectivity index (χ4n) is 1.89. The van der Waals surface area contributed by atoms with E-state index in [1.54, 1.807) is 19.2 Å². The summed E-state index contributed by atoms with van der Waals surface area (Å²) >= 11 is 0. The normalized spacial score (nSPS) is 11.8. The highest BCUT2D eigenvalue weighted by molar-refractivity contribution is 5.91. The SMILES string of the molecule is CCC(C)N(CC(=O)O)C(=O)Nc1cccc(COC)c1. The van der Waals surface area contributed by atoms with E-state index in [1.165, 1.54) is 4.90 Å². The minimum Gasteiger partial charge on any atom is -0.480 e. The number of nitrogens with zero attached hydrogens (tertiary/aromatic N) is 1. The van der Waals surface area contributed by atoms with Crippen LogP contribution in [0.25, 0.3) is 0 Å². The van der Waals surface area contributed by atoms with Crippen molar-refractivity contribution >= 4 is 17.7 Å². The van der Waals surface area contributed by atoms with Crippen LogP contribution in [0.3, 0.4) is 0 Å². The molecule has 0 saturated carbocycles. The lowest BCUT2D eigenvalue weighted by Gasteiger charge is -2.27. The van der Waals surface area contributed by atoms with Gasteiger partial charge in [0.2, 0.25) is 0 Å². The molecule has 0 aromatic heterocycles. The van der Waals surface area contributed by atoms with Crippen LogP contribution in [-0.4, -0.2) is 41.7 Å². The number of carboxylic acids is 1. The number of benzene rings is 1. The minimum absolute atomic E-state index is 0.150. The van der Waals surface area contributed by atoms with E-state index in [-0.39, 0.29) is 12.6 Å². The van der Waals surface area contributed by atoms with Crippen molar-refractivity contribution in [1.82, 2.24) is 4.90 Å². The maximum atomic E-state index is 12.2. The van der Waals surface area contributed by atoms with E-state index < -0.39 is 12.0 Å². The fourth-order valence-corrected chi connectivity index (χ4v) is 1.89. The summed E-state index contributed by atoms with van der Waals surface area (Å²) in [5, 5.41) is 11.6. The summed E-state index contributed by atoms with van der Waals surface area (Å²) in [6.45, 7) is 3.86. The Morgan fingerprint density at radius 3 is 2.71 bits per heavy atom. The quantitative estimate of drug-likeness (QED) is 0.810. The lowest BCUT2D eigenvalue weighted by atomic mass is 10.2. The smallest absolute Gasteiger partial charge is 0.323 e. The first-order valence-corrected chi connectivity index (χ1v) is 6.85. The zero-order valence-corrected chi connectivity index (χ0v) is 12.6. The van der Waals surface area contributed by atoms with Gasteiger partial charge in [-0.3, -0.25) is 4.79 Å². The number of anilines is 1. The van der Waals surface area contributed by atoms with Crippen molar-refractivity contribution < 1.29 is 19.4 Å². The molecular weight excluding hydrogens is 272 g/mol. The van der Waals surface area contributed by atoms with Gasteiger partial charge in [0.25, 0.3) is 0 Å². The van der Waals surface area contributed by atoms with E-state index >= 15 is 0 Å². The predicted molar refractivity (Wildman–Crippen MR) is 80.3 cm³/mol. The maximum Gasteiger partial charge on any atom is 0.323 e. The van der Waals surface area contributed by atoms with Gasteiger partial charge >= 0.3 is 12.0 Å². The molecule has 116 valence electrons. The number of ether oxygens (including phenoxy) is 1. The van der Waals surface area contributed by atoms with Gasteiger partial charge in [-0.2, -0.15) is 0 Å². The molecule has 0 saturated heterocycles. The van der Waals surface area contributed by atoms with Crippen molar-refractivity contribution in [3.05, 3.63) is 29.8 Å². The van der Waals surface area contributed by atoms with Crippen molar-refractivity contribution in [2.45, 2.75) is 32.9 Å². The number of urea groups is 1. The molecule has 0 spiro atoms. The Morgan fingerprint density at radius 2 is 2.14 bits per heavy atom. The molecule has 2 N–H and O–H groups in total. The molecular formula is C15H22N2O4. The summed E-state index contributed by atoms with van der Waals surface area (Å²) in [7, 11) is 1.60. The van der Waals surface area contributed by atoms with Gasteiger partial charge in [0.05, 0.1) is 6.61 Å². The van der Waals surface area contributed by atoms with E-state index in [9.17, 15) is 9.59 Å². The molecule has 2 amide bonds. The second-order valence-corrected chi connectivity index (χ2v) is 4.84. The number of carbonyl (C=O) groups is 2. The van der Waals surface area contributed by atoms with Gasteiger partial charge in [-0.25, -0.2) is 4.79 Å². The second kappa shape index (κ2) is 8.26. The van der Waals surface area contributed by atoms with Crippen molar-refractivity contribution in [3.8, 4) is 0 Å². The third kappa shape index (κ3) is 5.43. The summed E-state index contributed by atoms with van der Waals surface area (Å²) in [5.41, 5.74) is 1.55. The summed E-state index contributed by atoms with van der Waals surface area (Å²) in [6.07, 6.45) is 0.685. The van der Waals surface area contributed by atoms with Crippen LogP contribution in [0, 0.1) is 0 Å². The molecule has 0 bridgehead atoms. The van der Waals surface area contributed by atoms with Crippen molar-refractivity contribution in [3.63, 3.8) is 0 Å². The van der Waals surface area contributed by atoms with Crippen LogP contribution in [0.15, 0.2) is 24.3 Å². The van der Waals surface area contributed by atoms with E-state index in [1.807, 2.05) is 26.0 Å². The molecule has 1 aromatic carbocycles. The standard InChI is InChI=1S/C15H22N2O4/c1-4-11(2)17(9-14(18)19)15(20)16-13-7-5-6-12(8-13)10-21-3/h5-8,11H,4,9-10H2,1-3H3,(H,16,20)(H,18,19). The van der Waals surface area contributed by atoms with Crippen molar-refractivity contribution in [2.24, 2.45) is 0 Å². The molecule has 1 aromatic rings. The van der Waals surface area contributed by atoms with Gasteiger partial charge in [0.15, 0.2) is 0 Å². The second-order valence-electron chi connectivity index (χ2n) is 4.84. The minimum atomic E-state index is -1.03. The molecule has 6 nitrogen and oxygen atoms in total. The van der Waals surface area contributed by atoms with Crippen LogP contribution in [0.2, 0.25) is 0 Å². The average molecular weight is 294 g/mol. The zero-order chi connectivity index (χ0) is 15.8. The molecule has 0 radical (unpaired) electrons. The number of nitrogens with one attached hydrogen (secondary N) is 1. The van der Waals surface area contributed by atoms with Gasteiger partial charge in [-0.15, -0.1) is 0 Å². The number of carboxylic acid groups (broad SMARTS) is 1. The molecule has 6 heteroatoms. The molecule has 1 unspecified atom stereocenters. The fraction of sp³-hybridized carbons (Fsp3) is 0.467. The average Bonchev–Trinajstić information content (AvgIpc) is 2.44. The topological polar surface area (TPSA) is 78.9 Å². The van der Waals surface area contributed by atoms with Gasteiger partial charge in [0, 0.05) is 18.8 Å². The lowest BCUT2D eigenvalue weighted by Crippen LogP contribution is -2.44. The number of aliphatic carboxylic acids is 1. The van der Waals surface area contributed by atoms with Crippen LogP contribution in [0.4, 0.5) is 10.5 Å². The number of methoxy groups -OCH3 is 1. The van der Waals surface area contributed by atoms with Gasteiger partial charge in [-0.05, 0) is 31.0 Å². The molecule has 0 aliphatic rings. The number of hydrogen-bond acceptors (Lipinski definition) is 3. The van der Waals surface area contributed by atoms with Gasteiger partial charge in [0.1, 0.15) is 6.54 Å². The number of amides is 2. The van der Waals surface area contributed by atoms with Crippen molar-refractivity contribution in [2.75, 3.05) is 19.0 Å². The summed E-state index contributed by atoms with van der Waals surface area (Å²) in [4.78, 5) is 24.4. The van der Waals surface area contributed by atoms with Crippen molar-refractivity contribution in [1.29, 1.82) is 0 Å². The van der Waals surface area contributed by atoms with E-state index in [0.717, 1.165) is 5.56 Å². The lowest BCUT2D eigenvalue weighted by molar-refractivity contribution is -0.138. The monoisotopic (exact) mass is 294 g/mol. The molecule has 1 atom stereocenters. The number of hydrogen-bond donors (Lipinski definition) is 2. The third-order valence-corrected chi connectivity index (χ3v) is 3.18. The van der Waals surface area contributed by atoms with Crippen LogP contribution >= 0.6 is 0 Å². The Morgan fingerprint density at radius 1 is 1.43 bits per heavy atom. The molecule has 21 heavy (non-hydrogen) atoms. The first-order chi connectivity index (χ1) is 9.97.